The summed E-state index contributed by atoms with van der Waals surface area (Å²) < 4.78 is 0. The minimum atomic E-state index is -0.898. The van der Waals surface area contributed by atoms with E-state index < -0.39 is 8.07 Å². The predicted molar refractivity (Wildman–Crippen MR) is 60.7 cm³/mol. The molecule has 0 bridgehead atoms. The van der Waals surface area contributed by atoms with Gasteiger partial charge in [0.05, 0.1) is 8.07 Å². The van der Waals surface area contributed by atoms with Gasteiger partial charge in [-0.15, -0.1) is 0 Å². The second-order valence-corrected chi connectivity index (χ2v) is 9.66. The molecular formula is C11H22OSi. The fourth-order valence-electron chi connectivity index (χ4n) is 2.14. The zero-order valence-electron chi connectivity index (χ0n) is 8.76. The number of unbranched alkanes of at least 4 members (excludes halogenated alkanes) is 1. The largest absolute Gasteiger partial charge is 0.396 e. The van der Waals surface area contributed by atoms with E-state index in [0.717, 1.165) is 6.42 Å². The van der Waals surface area contributed by atoms with Crippen LogP contribution >= 0.6 is 0 Å². The maximum absolute atomic E-state index is 8.74. The number of hydrogen-bond donors (Lipinski definition) is 1. The van der Waals surface area contributed by atoms with Crippen LogP contribution in [-0.2, 0) is 0 Å². The summed E-state index contributed by atoms with van der Waals surface area (Å²) in [6.07, 6.45) is 9.58. The van der Waals surface area contributed by atoms with Crippen LogP contribution in [0.2, 0.25) is 24.7 Å². The molecule has 0 aliphatic carbocycles. The van der Waals surface area contributed by atoms with Crippen molar-refractivity contribution in [3.63, 3.8) is 0 Å². The van der Waals surface area contributed by atoms with Gasteiger partial charge in [0.1, 0.15) is 0 Å². The highest BCUT2D eigenvalue weighted by Gasteiger charge is 2.25. The Morgan fingerprint density at radius 1 is 1.15 bits per heavy atom. The van der Waals surface area contributed by atoms with Crippen molar-refractivity contribution in [2.24, 2.45) is 0 Å². The Labute approximate surface area is 82.9 Å². The Kier molecular flexibility index (Phi) is 4.74. The topological polar surface area (TPSA) is 20.2 Å². The average molecular weight is 198 g/mol. The van der Waals surface area contributed by atoms with Crippen LogP contribution in [-0.4, -0.2) is 19.8 Å². The molecule has 1 heterocycles. The van der Waals surface area contributed by atoms with Crippen LogP contribution < -0.4 is 0 Å². The number of aliphatic hydroxyl groups excluding tert-OH is 1. The molecule has 13 heavy (non-hydrogen) atoms. The Morgan fingerprint density at radius 3 is 2.31 bits per heavy atom. The summed E-state index contributed by atoms with van der Waals surface area (Å²) in [6.45, 7) is 2.92. The fraction of sp³-hybridized carbons (Fsp3) is 0.818. The molecular weight excluding hydrogens is 176 g/mol. The lowest BCUT2D eigenvalue weighted by molar-refractivity contribution is 0.286. The van der Waals surface area contributed by atoms with Crippen molar-refractivity contribution in [1.29, 1.82) is 0 Å². The van der Waals surface area contributed by atoms with Crippen LogP contribution in [0.15, 0.2) is 12.2 Å². The highest BCUT2D eigenvalue weighted by molar-refractivity contribution is 6.78. The average Bonchev–Trinajstić information content (AvgIpc) is 2.31. The second-order valence-electron chi connectivity index (χ2n) is 4.54. The number of aliphatic hydroxyl groups is 1. The first kappa shape index (κ1) is 11.0. The molecule has 0 spiro atoms. The SMILES string of the molecule is C[Si]1(CCCCO)CCC=CCC1. The molecule has 0 aromatic rings. The highest BCUT2D eigenvalue weighted by Crippen LogP contribution is 2.29. The van der Waals surface area contributed by atoms with E-state index in [1.807, 2.05) is 0 Å². The lowest BCUT2D eigenvalue weighted by Crippen LogP contribution is -2.28. The van der Waals surface area contributed by atoms with Gasteiger partial charge >= 0.3 is 0 Å². The van der Waals surface area contributed by atoms with Crippen LogP contribution in [0.5, 0.6) is 0 Å². The summed E-state index contributed by atoms with van der Waals surface area (Å²) in [7, 11) is -0.898. The Balaban J connectivity index is 2.27. The summed E-state index contributed by atoms with van der Waals surface area (Å²) in [5.74, 6) is 0. The van der Waals surface area contributed by atoms with Crippen LogP contribution in [0, 0.1) is 0 Å². The summed E-state index contributed by atoms with van der Waals surface area (Å²) >= 11 is 0. The predicted octanol–water partition coefficient (Wildman–Crippen LogP) is 3.19. The van der Waals surface area contributed by atoms with Gasteiger partial charge in [-0.3, -0.25) is 0 Å². The lowest BCUT2D eigenvalue weighted by atomic mass is 10.4. The minimum absolute atomic E-state index is 0.378. The second kappa shape index (κ2) is 5.61. The van der Waals surface area contributed by atoms with Gasteiger partial charge in [-0.2, -0.15) is 0 Å². The molecule has 0 atom stereocenters. The van der Waals surface area contributed by atoms with Crippen molar-refractivity contribution in [2.75, 3.05) is 6.61 Å². The standard InChI is InChI=1S/C11H22OSi/c1-13(11-7-4-8-12)9-5-2-3-6-10-13/h2-3,12H,4-11H2,1H3. The first-order valence-corrected chi connectivity index (χ1v) is 8.65. The molecule has 0 saturated carbocycles. The molecule has 0 saturated heterocycles. The molecule has 0 aromatic heterocycles. The molecule has 1 rings (SSSR count). The van der Waals surface area contributed by atoms with Gasteiger partial charge in [0.2, 0.25) is 0 Å². The monoisotopic (exact) mass is 198 g/mol. The van der Waals surface area contributed by atoms with Crippen molar-refractivity contribution in [3.8, 4) is 0 Å². The first-order chi connectivity index (χ1) is 6.27. The molecule has 2 heteroatoms. The molecule has 0 unspecified atom stereocenters. The number of allylic oxidation sites excluding steroid dienone is 2. The quantitative estimate of drug-likeness (QED) is 0.418. The van der Waals surface area contributed by atoms with Gasteiger partial charge in [0, 0.05) is 6.61 Å². The summed E-state index contributed by atoms with van der Waals surface area (Å²) in [4.78, 5) is 0. The van der Waals surface area contributed by atoms with Crippen molar-refractivity contribution < 1.29 is 5.11 Å². The third-order valence-corrected chi connectivity index (χ3v) is 7.74. The molecule has 0 radical (unpaired) electrons. The fourth-order valence-corrected chi connectivity index (χ4v) is 5.72. The first-order valence-electron chi connectivity index (χ1n) is 5.53. The van der Waals surface area contributed by atoms with Gasteiger partial charge in [0.25, 0.3) is 0 Å². The molecule has 0 aromatic carbocycles. The van der Waals surface area contributed by atoms with E-state index in [9.17, 15) is 0 Å². The van der Waals surface area contributed by atoms with Gasteiger partial charge in [-0.1, -0.05) is 43.3 Å². The van der Waals surface area contributed by atoms with Gasteiger partial charge in [-0.05, 0) is 19.3 Å². The number of rotatable bonds is 4. The Bertz CT molecular complexity index is 155. The van der Waals surface area contributed by atoms with E-state index >= 15 is 0 Å². The zero-order chi connectivity index (χ0) is 9.57. The molecule has 0 amide bonds. The van der Waals surface area contributed by atoms with Gasteiger partial charge in [0.15, 0.2) is 0 Å². The summed E-state index contributed by atoms with van der Waals surface area (Å²) in [5.41, 5.74) is 0. The number of hydrogen-bond acceptors (Lipinski definition) is 1. The van der Waals surface area contributed by atoms with E-state index in [1.54, 1.807) is 0 Å². The van der Waals surface area contributed by atoms with Crippen molar-refractivity contribution in [3.05, 3.63) is 12.2 Å². The maximum Gasteiger partial charge on any atom is 0.0510 e. The van der Waals surface area contributed by atoms with Crippen LogP contribution in [0.4, 0.5) is 0 Å². The Hall–Kier alpha value is -0.0831. The summed E-state index contributed by atoms with van der Waals surface area (Å²) in [5, 5.41) is 8.74. The third kappa shape index (κ3) is 4.10. The zero-order valence-corrected chi connectivity index (χ0v) is 9.76. The van der Waals surface area contributed by atoms with E-state index in [4.69, 9.17) is 5.11 Å². The molecule has 76 valence electrons. The van der Waals surface area contributed by atoms with Crippen molar-refractivity contribution in [1.82, 2.24) is 0 Å². The lowest BCUT2D eigenvalue weighted by Gasteiger charge is -2.25. The Morgan fingerprint density at radius 2 is 1.77 bits per heavy atom. The van der Waals surface area contributed by atoms with E-state index in [0.29, 0.717) is 6.61 Å². The van der Waals surface area contributed by atoms with Crippen LogP contribution in [0.1, 0.15) is 25.7 Å². The third-order valence-electron chi connectivity index (χ3n) is 3.18. The molecule has 1 N–H and O–H groups in total. The smallest absolute Gasteiger partial charge is 0.0510 e. The molecule has 1 aliphatic rings. The summed E-state index contributed by atoms with van der Waals surface area (Å²) in [6, 6.07) is 4.36. The minimum Gasteiger partial charge on any atom is -0.396 e. The van der Waals surface area contributed by atoms with Crippen LogP contribution in [0.3, 0.4) is 0 Å². The normalized spacial score (nSPS) is 21.4. The van der Waals surface area contributed by atoms with Crippen LogP contribution in [0.25, 0.3) is 0 Å². The molecule has 1 aliphatic heterocycles. The van der Waals surface area contributed by atoms with Crippen molar-refractivity contribution >= 4 is 8.07 Å². The van der Waals surface area contributed by atoms with Gasteiger partial charge in [-0.25, -0.2) is 0 Å². The van der Waals surface area contributed by atoms with Crippen molar-refractivity contribution in [2.45, 2.75) is 50.4 Å². The highest BCUT2D eigenvalue weighted by atomic mass is 28.3. The molecule has 0 fully saturated rings. The van der Waals surface area contributed by atoms with Gasteiger partial charge < -0.3 is 5.11 Å². The van der Waals surface area contributed by atoms with E-state index in [1.165, 1.54) is 37.4 Å². The maximum atomic E-state index is 8.74. The van der Waals surface area contributed by atoms with E-state index in [2.05, 4.69) is 18.7 Å². The van der Waals surface area contributed by atoms with E-state index in [-0.39, 0.29) is 0 Å². The molecule has 1 nitrogen and oxygen atoms in total.